The summed E-state index contributed by atoms with van der Waals surface area (Å²) in [7, 11) is -3.53. The van der Waals surface area contributed by atoms with Crippen molar-refractivity contribution in [3.8, 4) is 0 Å². The van der Waals surface area contributed by atoms with Gasteiger partial charge in [0.2, 0.25) is 10.0 Å². The van der Waals surface area contributed by atoms with Gasteiger partial charge in [-0.2, -0.15) is 0 Å². The zero-order valence-electron chi connectivity index (χ0n) is 8.57. The van der Waals surface area contributed by atoms with E-state index >= 15 is 0 Å². The number of carbonyl (C=O) groups excluding carboxylic acids is 1. The van der Waals surface area contributed by atoms with E-state index in [1.807, 2.05) is 0 Å². The highest BCUT2D eigenvalue weighted by Gasteiger charge is 2.15. The Bertz CT molecular complexity index is 326. The van der Waals surface area contributed by atoms with Crippen molar-refractivity contribution in [2.45, 2.75) is 26.8 Å². The Morgan fingerprint density at radius 3 is 2.36 bits per heavy atom. The van der Waals surface area contributed by atoms with Crippen LogP contribution in [0.25, 0.3) is 0 Å². The smallest absolute Gasteiger partial charge is 0.219 e. The fourth-order valence-corrected chi connectivity index (χ4v) is 2.14. The standard InChI is InChI=1S/C8H16N2O3S/c1-6(2)10-14(12,13)5-8(11)4-7(3)9/h4,6,10H,5,9H2,1-3H3/b7-4-. The largest absolute Gasteiger partial charge is 0.402 e. The molecule has 0 amide bonds. The first-order valence-corrected chi connectivity index (χ1v) is 5.85. The number of ketones is 1. The molecule has 14 heavy (non-hydrogen) atoms. The minimum absolute atomic E-state index is 0.212. The highest BCUT2D eigenvalue weighted by Crippen LogP contribution is 1.92. The van der Waals surface area contributed by atoms with E-state index in [2.05, 4.69) is 4.72 Å². The third-order valence-corrected chi connectivity index (χ3v) is 2.63. The molecule has 0 heterocycles. The third kappa shape index (κ3) is 6.62. The van der Waals surface area contributed by atoms with Crippen LogP contribution in [0.3, 0.4) is 0 Å². The van der Waals surface area contributed by atoms with Crippen molar-refractivity contribution in [2.24, 2.45) is 5.73 Å². The predicted octanol–water partition coefficient (Wildman–Crippen LogP) is -0.254. The first-order chi connectivity index (χ1) is 6.23. The van der Waals surface area contributed by atoms with Crippen LogP contribution in [0.4, 0.5) is 0 Å². The lowest BCUT2D eigenvalue weighted by Gasteiger charge is -2.07. The molecule has 0 rings (SSSR count). The lowest BCUT2D eigenvalue weighted by atomic mass is 10.3. The number of rotatable bonds is 5. The van der Waals surface area contributed by atoms with E-state index in [1.54, 1.807) is 13.8 Å². The second-order valence-electron chi connectivity index (χ2n) is 3.39. The molecule has 0 unspecified atom stereocenters. The predicted molar refractivity (Wildman–Crippen MR) is 55.0 cm³/mol. The van der Waals surface area contributed by atoms with Gasteiger partial charge in [0.1, 0.15) is 5.75 Å². The Morgan fingerprint density at radius 1 is 1.50 bits per heavy atom. The number of nitrogens with one attached hydrogen (secondary N) is 1. The third-order valence-electron chi connectivity index (χ3n) is 1.14. The van der Waals surface area contributed by atoms with Gasteiger partial charge in [-0.25, -0.2) is 13.1 Å². The fraction of sp³-hybridized carbons (Fsp3) is 0.625. The lowest BCUT2D eigenvalue weighted by molar-refractivity contribution is -0.112. The number of allylic oxidation sites excluding steroid dienone is 2. The molecule has 6 heteroatoms. The van der Waals surface area contributed by atoms with Crippen LogP contribution in [0.5, 0.6) is 0 Å². The molecular formula is C8H16N2O3S. The average molecular weight is 220 g/mol. The van der Waals surface area contributed by atoms with Crippen LogP contribution in [0.2, 0.25) is 0 Å². The van der Waals surface area contributed by atoms with E-state index in [9.17, 15) is 13.2 Å². The van der Waals surface area contributed by atoms with Crippen molar-refractivity contribution in [2.75, 3.05) is 5.75 Å². The lowest BCUT2D eigenvalue weighted by Crippen LogP contribution is -2.34. The minimum atomic E-state index is -3.53. The van der Waals surface area contributed by atoms with E-state index in [-0.39, 0.29) is 6.04 Å². The summed E-state index contributed by atoms with van der Waals surface area (Å²) in [5.74, 6) is -1.07. The molecule has 0 aliphatic carbocycles. The molecule has 3 N–H and O–H groups in total. The maximum Gasteiger partial charge on any atom is 0.219 e. The molecule has 0 fully saturated rings. The second kappa shape index (κ2) is 5.11. The zero-order valence-corrected chi connectivity index (χ0v) is 9.39. The van der Waals surface area contributed by atoms with E-state index in [0.29, 0.717) is 5.70 Å². The van der Waals surface area contributed by atoms with Crippen molar-refractivity contribution < 1.29 is 13.2 Å². The Kier molecular flexibility index (Phi) is 4.79. The molecule has 0 radical (unpaired) electrons. The topological polar surface area (TPSA) is 89.3 Å². The highest BCUT2D eigenvalue weighted by molar-refractivity contribution is 7.90. The summed E-state index contributed by atoms with van der Waals surface area (Å²) < 4.78 is 24.8. The minimum Gasteiger partial charge on any atom is -0.402 e. The number of hydrogen-bond donors (Lipinski definition) is 2. The molecule has 0 bridgehead atoms. The van der Waals surface area contributed by atoms with Crippen LogP contribution in [-0.2, 0) is 14.8 Å². The quantitative estimate of drug-likeness (QED) is 0.625. The molecule has 5 nitrogen and oxygen atoms in total. The van der Waals surface area contributed by atoms with Gasteiger partial charge in [-0.05, 0) is 20.8 Å². The number of hydrogen-bond acceptors (Lipinski definition) is 4. The van der Waals surface area contributed by atoms with Crippen molar-refractivity contribution in [3.05, 3.63) is 11.8 Å². The molecule has 0 saturated heterocycles. The van der Waals surface area contributed by atoms with Gasteiger partial charge in [0.05, 0.1) is 0 Å². The molecular weight excluding hydrogens is 204 g/mol. The number of sulfonamides is 1. The van der Waals surface area contributed by atoms with Gasteiger partial charge in [0, 0.05) is 17.8 Å². The van der Waals surface area contributed by atoms with Crippen molar-refractivity contribution in [3.63, 3.8) is 0 Å². The Labute approximate surface area is 84.4 Å². The van der Waals surface area contributed by atoms with Gasteiger partial charge >= 0.3 is 0 Å². The Balaban J connectivity index is 4.39. The first-order valence-electron chi connectivity index (χ1n) is 4.19. The summed E-state index contributed by atoms with van der Waals surface area (Å²) in [4.78, 5) is 11.1. The monoisotopic (exact) mass is 220 g/mol. The molecule has 0 aliphatic heterocycles. The Hall–Kier alpha value is -0.880. The average Bonchev–Trinajstić information content (AvgIpc) is 1.77. The molecule has 0 atom stereocenters. The summed E-state index contributed by atoms with van der Waals surface area (Å²) in [6.45, 7) is 4.90. The van der Waals surface area contributed by atoms with Gasteiger partial charge in [-0.3, -0.25) is 4.79 Å². The van der Waals surface area contributed by atoms with Gasteiger partial charge in [0.15, 0.2) is 5.78 Å². The van der Waals surface area contributed by atoms with Crippen LogP contribution >= 0.6 is 0 Å². The van der Waals surface area contributed by atoms with E-state index in [1.165, 1.54) is 6.92 Å². The van der Waals surface area contributed by atoms with Gasteiger partial charge in [-0.15, -0.1) is 0 Å². The fourth-order valence-electron chi connectivity index (χ4n) is 0.884. The molecule has 82 valence electrons. The van der Waals surface area contributed by atoms with Crippen LogP contribution < -0.4 is 10.5 Å². The van der Waals surface area contributed by atoms with Gasteiger partial charge in [-0.1, -0.05) is 0 Å². The summed E-state index contributed by atoms with van der Waals surface area (Å²) in [5, 5.41) is 0. The molecule has 0 aromatic carbocycles. The van der Waals surface area contributed by atoms with Crippen LogP contribution in [0.15, 0.2) is 11.8 Å². The second-order valence-corrected chi connectivity index (χ2v) is 5.14. The Morgan fingerprint density at radius 2 is 2.00 bits per heavy atom. The molecule has 0 aromatic heterocycles. The summed E-state index contributed by atoms with van der Waals surface area (Å²) in [5.41, 5.74) is 5.54. The van der Waals surface area contributed by atoms with Crippen LogP contribution in [0, 0.1) is 0 Å². The first kappa shape index (κ1) is 13.1. The summed E-state index contributed by atoms with van der Waals surface area (Å²) in [6, 6.07) is -0.212. The molecule has 0 saturated carbocycles. The summed E-state index contributed by atoms with van der Waals surface area (Å²) >= 11 is 0. The molecule has 0 aliphatic rings. The van der Waals surface area contributed by atoms with E-state index in [0.717, 1.165) is 6.08 Å². The maximum absolute atomic E-state index is 11.2. The number of carbonyl (C=O) groups is 1. The van der Waals surface area contributed by atoms with Gasteiger partial charge < -0.3 is 5.73 Å². The molecule has 0 aromatic rings. The highest BCUT2D eigenvalue weighted by atomic mass is 32.2. The van der Waals surface area contributed by atoms with E-state index < -0.39 is 21.6 Å². The SMILES string of the molecule is C/C(N)=C/C(=O)CS(=O)(=O)NC(C)C. The zero-order chi connectivity index (χ0) is 11.4. The van der Waals surface area contributed by atoms with E-state index in [4.69, 9.17) is 5.73 Å². The van der Waals surface area contributed by atoms with Crippen molar-refractivity contribution >= 4 is 15.8 Å². The van der Waals surface area contributed by atoms with Crippen molar-refractivity contribution in [1.82, 2.24) is 4.72 Å². The summed E-state index contributed by atoms with van der Waals surface area (Å²) in [6.07, 6.45) is 1.11. The normalized spacial score (nSPS) is 13.3. The molecule has 0 spiro atoms. The van der Waals surface area contributed by atoms with Crippen LogP contribution in [-0.4, -0.2) is 26.0 Å². The van der Waals surface area contributed by atoms with Gasteiger partial charge in [0.25, 0.3) is 0 Å². The van der Waals surface area contributed by atoms with Crippen molar-refractivity contribution in [1.29, 1.82) is 0 Å². The van der Waals surface area contributed by atoms with Crippen LogP contribution in [0.1, 0.15) is 20.8 Å². The number of nitrogens with two attached hydrogens (primary N) is 1. The maximum atomic E-state index is 11.2.